The van der Waals surface area contributed by atoms with Crippen molar-refractivity contribution < 1.29 is 24.2 Å². The number of carbonyl (C=O) groups is 2. The lowest BCUT2D eigenvalue weighted by Crippen LogP contribution is -2.69. The Hall–Kier alpha value is -3.76. The van der Waals surface area contributed by atoms with Gasteiger partial charge in [0.1, 0.15) is 11.9 Å². The number of phenols is 1. The van der Waals surface area contributed by atoms with Gasteiger partial charge < -0.3 is 19.5 Å². The molecule has 6 rings (SSSR count). The smallest absolute Gasteiger partial charge is 0.308 e. The molecule has 0 unspecified atom stereocenters. The molecule has 1 spiro atoms. The zero-order valence-corrected chi connectivity index (χ0v) is 25.0. The normalized spacial score (nSPS) is 26.9. The summed E-state index contributed by atoms with van der Waals surface area (Å²) in [6.07, 6.45) is 4.86. The Labute approximate surface area is 248 Å². The van der Waals surface area contributed by atoms with Gasteiger partial charge in [-0.05, 0) is 68.7 Å². The number of amides is 1. The molecule has 0 radical (unpaired) electrons. The molecule has 0 aromatic heterocycles. The highest BCUT2D eigenvalue weighted by Gasteiger charge is 2.67. The van der Waals surface area contributed by atoms with Crippen LogP contribution in [0.1, 0.15) is 62.3 Å². The van der Waals surface area contributed by atoms with Gasteiger partial charge in [0.05, 0.1) is 6.04 Å². The predicted molar refractivity (Wildman–Crippen MR) is 161 cm³/mol. The number of hydrogen-bond acceptors (Lipinski definition) is 6. The molecule has 1 saturated carbocycles. The summed E-state index contributed by atoms with van der Waals surface area (Å²) >= 11 is 0. The molecule has 42 heavy (non-hydrogen) atoms. The molecule has 2 aromatic rings. The molecule has 1 saturated heterocycles. The molecular formula is C35H40N2O5. The average Bonchev–Trinajstić information content (AvgIpc) is 3.28. The first-order valence-electron chi connectivity index (χ1n) is 15.1. The van der Waals surface area contributed by atoms with Crippen LogP contribution >= 0.6 is 0 Å². The molecule has 7 nitrogen and oxygen atoms in total. The Morgan fingerprint density at radius 2 is 2.12 bits per heavy atom. The van der Waals surface area contributed by atoms with Crippen molar-refractivity contribution in [3.63, 3.8) is 0 Å². The van der Waals surface area contributed by atoms with E-state index >= 15 is 0 Å². The summed E-state index contributed by atoms with van der Waals surface area (Å²) < 4.78 is 12.5. The van der Waals surface area contributed by atoms with E-state index < -0.39 is 11.4 Å². The van der Waals surface area contributed by atoms with Crippen molar-refractivity contribution in [3.8, 4) is 29.1 Å². The first kappa shape index (κ1) is 28.4. The van der Waals surface area contributed by atoms with Crippen LogP contribution in [-0.4, -0.2) is 64.6 Å². The van der Waals surface area contributed by atoms with Crippen LogP contribution < -0.4 is 9.47 Å². The fraction of sp³-hybridized carbons (Fsp3) is 0.486. The second kappa shape index (κ2) is 10.8. The van der Waals surface area contributed by atoms with Crippen LogP contribution in [0.3, 0.4) is 0 Å². The molecule has 2 aliphatic heterocycles. The van der Waals surface area contributed by atoms with Crippen molar-refractivity contribution in [2.75, 3.05) is 19.6 Å². The fourth-order valence-electron chi connectivity index (χ4n) is 8.28. The Balaban J connectivity index is 1.45. The highest BCUT2D eigenvalue weighted by atomic mass is 16.6. The maximum absolute atomic E-state index is 13.9. The number of carbonyl (C=O) groups excluding carboxylic acids is 2. The highest BCUT2D eigenvalue weighted by Crippen LogP contribution is 2.65. The van der Waals surface area contributed by atoms with Crippen molar-refractivity contribution >= 4 is 11.9 Å². The monoisotopic (exact) mass is 568 g/mol. The van der Waals surface area contributed by atoms with Gasteiger partial charge >= 0.3 is 5.97 Å². The van der Waals surface area contributed by atoms with Crippen LogP contribution in [0.2, 0.25) is 0 Å². The predicted octanol–water partition coefficient (Wildman–Crippen LogP) is 4.76. The first-order chi connectivity index (χ1) is 20.1. The van der Waals surface area contributed by atoms with Gasteiger partial charge in [0.15, 0.2) is 11.5 Å². The molecule has 1 amide bonds. The number of piperidine rings is 1. The Bertz CT molecular complexity index is 1500. The number of esters is 1. The third kappa shape index (κ3) is 4.57. The second-order valence-corrected chi connectivity index (χ2v) is 12.8. The third-order valence-corrected chi connectivity index (χ3v) is 9.66. The molecular weight excluding hydrogens is 528 g/mol. The van der Waals surface area contributed by atoms with E-state index in [1.165, 1.54) is 13.0 Å². The van der Waals surface area contributed by atoms with Crippen molar-refractivity contribution in [1.29, 1.82) is 0 Å². The van der Waals surface area contributed by atoms with Crippen LogP contribution in [0.4, 0.5) is 0 Å². The van der Waals surface area contributed by atoms with Gasteiger partial charge in [-0.1, -0.05) is 38.0 Å². The van der Waals surface area contributed by atoms with Crippen molar-refractivity contribution in [2.24, 2.45) is 11.8 Å². The van der Waals surface area contributed by atoms with E-state index in [-0.39, 0.29) is 47.4 Å². The number of aromatic hydroxyl groups is 1. The number of nitrogens with zero attached hydrogens (tertiary/aromatic N) is 2. The van der Waals surface area contributed by atoms with E-state index in [0.717, 1.165) is 54.6 Å². The van der Waals surface area contributed by atoms with E-state index in [1.807, 2.05) is 42.2 Å². The minimum Gasteiger partial charge on any atom is -0.508 e. The van der Waals surface area contributed by atoms with Crippen molar-refractivity contribution in [1.82, 2.24) is 9.80 Å². The Morgan fingerprint density at radius 3 is 2.83 bits per heavy atom. The third-order valence-electron chi connectivity index (χ3n) is 9.66. The molecule has 7 heteroatoms. The number of benzene rings is 2. The van der Waals surface area contributed by atoms with E-state index in [1.54, 1.807) is 0 Å². The maximum Gasteiger partial charge on any atom is 0.308 e. The summed E-state index contributed by atoms with van der Waals surface area (Å²) in [4.78, 5) is 30.4. The molecule has 1 N–H and O–H groups in total. The summed E-state index contributed by atoms with van der Waals surface area (Å²) in [6, 6.07) is 9.41. The van der Waals surface area contributed by atoms with Gasteiger partial charge in [-0.25, -0.2) is 0 Å². The SMILES string of the molecule is C=CCN1CC[C@]23c4c5c(O)cc(OC(C)=O)c4O[C@H]2[C@H](N(CC(C)C)C(=O)C#Cc2cccc(C)c2)CC[C@H]3[C@H]1C5. The minimum absolute atomic E-state index is 0.138. The summed E-state index contributed by atoms with van der Waals surface area (Å²) in [5.41, 5.74) is 3.37. The number of ether oxygens (including phenoxy) is 2. The fourth-order valence-corrected chi connectivity index (χ4v) is 8.28. The van der Waals surface area contributed by atoms with Gasteiger partial charge in [0.25, 0.3) is 5.91 Å². The van der Waals surface area contributed by atoms with Crippen LogP contribution in [-0.2, 0) is 21.4 Å². The molecule has 2 aromatic carbocycles. The summed E-state index contributed by atoms with van der Waals surface area (Å²) in [5, 5.41) is 11.3. The molecule has 2 fully saturated rings. The molecule has 2 aliphatic carbocycles. The Kier molecular flexibility index (Phi) is 7.31. The summed E-state index contributed by atoms with van der Waals surface area (Å²) in [5.74, 6) is 6.83. The molecule has 5 atom stereocenters. The number of hydrogen-bond donors (Lipinski definition) is 1. The molecule has 2 heterocycles. The van der Waals surface area contributed by atoms with Crippen LogP contribution in [0.5, 0.6) is 17.2 Å². The second-order valence-electron chi connectivity index (χ2n) is 12.8. The standard InChI is InChI=1S/C35H40N2O5/c1-6-15-36-16-14-35-26-11-12-27(37(20-21(2)3)31(40)13-10-24-9-7-8-22(4)17-24)34(35)42-33-30(41-23(5)38)19-29(39)25(32(33)35)18-28(26)36/h6-9,17,19,21,26-28,34,39H,1,11-12,14-16,18,20H2,2-5H3/t26-,27+,28+,34-,35-/m0/s1. The minimum atomic E-state index is -0.466. The van der Waals surface area contributed by atoms with Crippen LogP contribution in [0, 0.1) is 30.6 Å². The van der Waals surface area contributed by atoms with Crippen LogP contribution in [0.15, 0.2) is 43.0 Å². The quantitative estimate of drug-likeness (QED) is 0.234. The van der Waals surface area contributed by atoms with Gasteiger partial charge in [-0.3, -0.25) is 14.5 Å². The molecule has 2 bridgehead atoms. The molecule has 4 aliphatic rings. The van der Waals surface area contributed by atoms with Gasteiger partial charge in [-0.15, -0.1) is 6.58 Å². The van der Waals surface area contributed by atoms with E-state index in [4.69, 9.17) is 9.47 Å². The lowest BCUT2D eigenvalue weighted by Gasteiger charge is -2.60. The molecule has 220 valence electrons. The van der Waals surface area contributed by atoms with E-state index in [2.05, 4.69) is 37.2 Å². The highest BCUT2D eigenvalue weighted by molar-refractivity contribution is 5.94. The van der Waals surface area contributed by atoms with Crippen molar-refractivity contribution in [3.05, 3.63) is 65.2 Å². The number of rotatable bonds is 6. The lowest BCUT2D eigenvalue weighted by molar-refractivity contribution is -0.137. The lowest BCUT2D eigenvalue weighted by atomic mass is 9.50. The largest absolute Gasteiger partial charge is 0.508 e. The summed E-state index contributed by atoms with van der Waals surface area (Å²) in [6.45, 7) is 13.8. The van der Waals surface area contributed by atoms with Crippen LogP contribution in [0.25, 0.3) is 0 Å². The summed E-state index contributed by atoms with van der Waals surface area (Å²) in [7, 11) is 0. The van der Waals surface area contributed by atoms with Gasteiger partial charge in [0, 0.05) is 60.1 Å². The first-order valence-corrected chi connectivity index (χ1v) is 15.1. The average molecular weight is 569 g/mol. The number of aryl methyl sites for hydroxylation is 1. The topological polar surface area (TPSA) is 79.3 Å². The maximum atomic E-state index is 13.9. The van der Waals surface area contributed by atoms with E-state index in [9.17, 15) is 14.7 Å². The number of phenolic OH excluding ortho intramolecular Hbond substituents is 1. The Morgan fingerprint density at radius 1 is 1.31 bits per heavy atom. The van der Waals surface area contributed by atoms with Crippen molar-refractivity contribution in [2.45, 2.75) is 77.0 Å². The van der Waals surface area contributed by atoms with Gasteiger partial charge in [0.2, 0.25) is 0 Å². The zero-order chi connectivity index (χ0) is 29.8. The zero-order valence-electron chi connectivity index (χ0n) is 25.0. The van der Waals surface area contributed by atoms with Gasteiger partial charge in [-0.2, -0.15) is 0 Å². The van der Waals surface area contributed by atoms with E-state index in [0.29, 0.717) is 18.7 Å². The number of likely N-dealkylation sites (tertiary alicyclic amines) is 1.